The van der Waals surface area contributed by atoms with E-state index in [0.29, 0.717) is 5.56 Å². The Kier molecular flexibility index (Phi) is 2.74. The highest BCUT2D eigenvalue weighted by molar-refractivity contribution is 6.67. The molecule has 4 heteroatoms. The number of halogens is 1. The Hall–Kier alpha value is -1.74. The summed E-state index contributed by atoms with van der Waals surface area (Å²) in [5.41, 5.74) is 2.12. The molecule has 2 rings (SSSR count). The van der Waals surface area contributed by atoms with Gasteiger partial charge in [-0.15, -0.1) is 0 Å². The van der Waals surface area contributed by atoms with Gasteiger partial charge in [0, 0.05) is 35.9 Å². The third kappa shape index (κ3) is 2.19. The van der Waals surface area contributed by atoms with E-state index in [9.17, 15) is 4.79 Å². The monoisotopic (exact) mass is 218 g/mol. The van der Waals surface area contributed by atoms with E-state index in [1.807, 2.05) is 12.1 Å². The van der Waals surface area contributed by atoms with Crippen molar-refractivity contribution in [3.8, 4) is 11.1 Å². The first-order chi connectivity index (χ1) is 7.27. The van der Waals surface area contributed by atoms with Gasteiger partial charge in [0.1, 0.15) is 0 Å². The van der Waals surface area contributed by atoms with E-state index in [4.69, 9.17) is 11.6 Å². The van der Waals surface area contributed by atoms with E-state index >= 15 is 0 Å². The Bertz CT molecular complexity index is 485. The molecule has 0 aliphatic heterocycles. The minimum absolute atomic E-state index is 0.387. The van der Waals surface area contributed by atoms with Crippen molar-refractivity contribution in [2.24, 2.45) is 0 Å². The van der Waals surface area contributed by atoms with Crippen LogP contribution >= 0.6 is 11.6 Å². The standard InChI is InChI=1S/C11H7ClN2O/c12-11(15)10-4-9(6-14-7-10)8-2-1-3-13-5-8/h1-7H. The van der Waals surface area contributed by atoms with Crippen molar-refractivity contribution in [3.63, 3.8) is 0 Å². The summed E-state index contributed by atoms with van der Waals surface area (Å²) < 4.78 is 0. The number of aromatic nitrogens is 2. The topological polar surface area (TPSA) is 42.9 Å². The number of pyridine rings is 2. The number of carbonyl (C=O) groups is 1. The molecule has 0 spiro atoms. The lowest BCUT2D eigenvalue weighted by Crippen LogP contribution is -1.91. The lowest BCUT2D eigenvalue weighted by Gasteiger charge is -2.00. The first-order valence-electron chi connectivity index (χ1n) is 4.32. The molecule has 0 fully saturated rings. The average molecular weight is 219 g/mol. The van der Waals surface area contributed by atoms with Crippen molar-refractivity contribution in [1.82, 2.24) is 9.97 Å². The highest BCUT2D eigenvalue weighted by atomic mass is 35.5. The molecule has 0 unspecified atom stereocenters. The number of hydrogen-bond donors (Lipinski definition) is 0. The number of hydrogen-bond acceptors (Lipinski definition) is 3. The van der Waals surface area contributed by atoms with Crippen LogP contribution in [0, 0.1) is 0 Å². The zero-order chi connectivity index (χ0) is 10.7. The molecule has 2 aromatic heterocycles. The zero-order valence-corrected chi connectivity index (χ0v) is 8.48. The Balaban J connectivity index is 2.46. The molecule has 0 saturated heterocycles. The summed E-state index contributed by atoms with van der Waals surface area (Å²) in [6.45, 7) is 0. The van der Waals surface area contributed by atoms with Gasteiger partial charge < -0.3 is 0 Å². The van der Waals surface area contributed by atoms with Crippen LogP contribution in [0.3, 0.4) is 0 Å². The third-order valence-electron chi connectivity index (χ3n) is 1.96. The minimum Gasteiger partial charge on any atom is -0.276 e. The summed E-state index contributed by atoms with van der Waals surface area (Å²) in [5.74, 6) is 0. The van der Waals surface area contributed by atoms with Gasteiger partial charge in [-0.3, -0.25) is 14.8 Å². The summed E-state index contributed by atoms with van der Waals surface area (Å²) in [7, 11) is 0. The van der Waals surface area contributed by atoms with Crippen LogP contribution in [0.4, 0.5) is 0 Å². The number of nitrogens with zero attached hydrogens (tertiary/aromatic N) is 2. The molecule has 0 atom stereocenters. The molecule has 2 aromatic rings. The summed E-state index contributed by atoms with van der Waals surface area (Å²) in [6.07, 6.45) is 6.50. The first kappa shape index (κ1) is 9.80. The summed E-state index contributed by atoms with van der Waals surface area (Å²) in [4.78, 5) is 18.9. The first-order valence-corrected chi connectivity index (χ1v) is 4.70. The normalized spacial score (nSPS) is 9.93. The second kappa shape index (κ2) is 4.19. The molecule has 0 amide bonds. The summed E-state index contributed by atoms with van der Waals surface area (Å²) >= 11 is 5.37. The fourth-order valence-electron chi connectivity index (χ4n) is 1.24. The van der Waals surface area contributed by atoms with Crippen LogP contribution in [-0.2, 0) is 0 Å². The van der Waals surface area contributed by atoms with Gasteiger partial charge in [0.05, 0.1) is 5.56 Å². The minimum atomic E-state index is -0.506. The van der Waals surface area contributed by atoms with Crippen molar-refractivity contribution >= 4 is 16.8 Å². The van der Waals surface area contributed by atoms with Crippen LogP contribution < -0.4 is 0 Å². The highest BCUT2D eigenvalue weighted by Gasteiger charge is 2.04. The van der Waals surface area contributed by atoms with Crippen LogP contribution in [0.5, 0.6) is 0 Å². The van der Waals surface area contributed by atoms with Gasteiger partial charge in [-0.1, -0.05) is 6.07 Å². The molecular weight excluding hydrogens is 212 g/mol. The number of rotatable bonds is 2. The van der Waals surface area contributed by atoms with Gasteiger partial charge >= 0.3 is 0 Å². The summed E-state index contributed by atoms with van der Waals surface area (Å²) in [5, 5.41) is -0.506. The lowest BCUT2D eigenvalue weighted by molar-refractivity contribution is 0.108. The molecule has 2 heterocycles. The maximum Gasteiger partial charge on any atom is 0.253 e. The highest BCUT2D eigenvalue weighted by Crippen LogP contribution is 2.18. The molecule has 0 saturated carbocycles. The molecular formula is C11H7ClN2O. The lowest BCUT2D eigenvalue weighted by atomic mass is 10.1. The molecule has 3 nitrogen and oxygen atoms in total. The number of carbonyl (C=O) groups excluding carboxylic acids is 1. The van der Waals surface area contributed by atoms with Crippen molar-refractivity contribution in [2.75, 3.05) is 0 Å². The molecule has 0 radical (unpaired) electrons. The Morgan fingerprint density at radius 1 is 1.13 bits per heavy atom. The molecule has 0 bridgehead atoms. The second-order valence-electron chi connectivity index (χ2n) is 2.98. The molecule has 0 aliphatic carbocycles. The maximum atomic E-state index is 10.9. The van der Waals surface area contributed by atoms with Gasteiger partial charge in [-0.2, -0.15) is 0 Å². The van der Waals surface area contributed by atoms with E-state index in [-0.39, 0.29) is 0 Å². The Labute approximate surface area is 91.8 Å². The fraction of sp³-hybridized carbons (Fsp3) is 0. The van der Waals surface area contributed by atoms with Crippen molar-refractivity contribution in [3.05, 3.63) is 48.5 Å². The van der Waals surface area contributed by atoms with Gasteiger partial charge in [0.2, 0.25) is 0 Å². The molecule has 15 heavy (non-hydrogen) atoms. The molecule has 74 valence electrons. The van der Waals surface area contributed by atoms with Gasteiger partial charge in [0.15, 0.2) is 0 Å². The van der Waals surface area contributed by atoms with E-state index < -0.39 is 5.24 Å². The van der Waals surface area contributed by atoms with Crippen LogP contribution in [0.1, 0.15) is 10.4 Å². The van der Waals surface area contributed by atoms with Crippen molar-refractivity contribution < 1.29 is 4.79 Å². The van der Waals surface area contributed by atoms with E-state index in [0.717, 1.165) is 11.1 Å². The predicted molar refractivity (Wildman–Crippen MR) is 57.7 cm³/mol. The Morgan fingerprint density at radius 2 is 1.93 bits per heavy atom. The van der Waals surface area contributed by atoms with Gasteiger partial charge in [0.25, 0.3) is 5.24 Å². The van der Waals surface area contributed by atoms with Crippen LogP contribution in [0.2, 0.25) is 0 Å². The van der Waals surface area contributed by atoms with E-state index in [1.54, 1.807) is 24.7 Å². The smallest absolute Gasteiger partial charge is 0.253 e. The maximum absolute atomic E-state index is 10.9. The van der Waals surface area contributed by atoms with Gasteiger partial charge in [-0.25, -0.2) is 0 Å². The summed E-state index contributed by atoms with van der Waals surface area (Å²) in [6, 6.07) is 5.41. The van der Waals surface area contributed by atoms with E-state index in [1.165, 1.54) is 6.20 Å². The third-order valence-corrected chi connectivity index (χ3v) is 2.18. The molecule has 0 N–H and O–H groups in total. The SMILES string of the molecule is O=C(Cl)c1cncc(-c2cccnc2)c1. The van der Waals surface area contributed by atoms with Crippen molar-refractivity contribution in [1.29, 1.82) is 0 Å². The second-order valence-corrected chi connectivity index (χ2v) is 3.32. The largest absolute Gasteiger partial charge is 0.276 e. The van der Waals surface area contributed by atoms with E-state index in [2.05, 4.69) is 9.97 Å². The van der Waals surface area contributed by atoms with Crippen LogP contribution in [0.15, 0.2) is 43.0 Å². The average Bonchev–Trinajstić information content (AvgIpc) is 2.30. The van der Waals surface area contributed by atoms with Crippen molar-refractivity contribution in [2.45, 2.75) is 0 Å². The van der Waals surface area contributed by atoms with Gasteiger partial charge in [-0.05, 0) is 23.7 Å². The molecule has 0 aliphatic rings. The quantitative estimate of drug-likeness (QED) is 0.728. The van der Waals surface area contributed by atoms with Crippen LogP contribution in [-0.4, -0.2) is 15.2 Å². The molecule has 0 aromatic carbocycles. The Morgan fingerprint density at radius 3 is 2.60 bits per heavy atom. The zero-order valence-electron chi connectivity index (χ0n) is 7.72. The van der Waals surface area contributed by atoms with Crippen LogP contribution in [0.25, 0.3) is 11.1 Å². The fourth-order valence-corrected chi connectivity index (χ4v) is 1.34. The predicted octanol–water partition coefficient (Wildman–Crippen LogP) is 2.52.